The van der Waals surface area contributed by atoms with Crippen LogP contribution in [0.15, 0.2) is 34.5 Å². The van der Waals surface area contributed by atoms with Crippen LogP contribution in [0, 0.1) is 13.8 Å². The monoisotopic (exact) mass is 311 g/mol. The third-order valence-corrected chi connectivity index (χ3v) is 4.85. The minimum absolute atomic E-state index is 0.0716. The molecule has 1 aromatic carbocycles. The number of aryl methyl sites for hydroxylation is 2. The Morgan fingerprint density at radius 3 is 2.91 bits per heavy atom. The molecule has 0 fully saturated rings. The van der Waals surface area contributed by atoms with E-state index >= 15 is 0 Å². The first-order chi connectivity index (χ1) is 11.1. The van der Waals surface area contributed by atoms with Crippen molar-refractivity contribution in [1.82, 2.24) is 5.32 Å². The maximum atomic E-state index is 12.2. The molecule has 1 aliphatic carbocycles. The topological polar surface area (TPSA) is 42.2 Å². The molecule has 0 atom stereocenters. The van der Waals surface area contributed by atoms with E-state index in [4.69, 9.17) is 4.42 Å². The average Bonchev–Trinajstić information content (AvgIpc) is 2.95. The molecule has 23 heavy (non-hydrogen) atoms. The summed E-state index contributed by atoms with van der Waals surface area (Å²) < 4.78 is 5.67. The Bertz CT molecular complexity index is 739. The van der Waals surface area contributed by atoms with E-state index in [9.17, 15) is 4.79 Å². The Labute approximate surface area is 137 Å². The highest BCUT2D eigenvalue weighted by molar-refractivity contribution is 5.89. The third-order valence-electron chi connectivity index (χ3n) is 4.85. The number of fused-ring (bicyclic) bond motifs is 1. The summed E-state index contributed by atoms with van der Waals surface area (Å²) in [5.74, 6) is 0.0716. The van der Waals surface area contributed by atoms with Gasteiger partial charge >= 0.3 is 0 Å². The van der Waals surface area contributed by atoms with E-state index in [1.54, 1.807) is 6.26 Å². The second kappa shape index (κ2) is 7.03. The fraction of sp³-hybridized carbons (Fsp3) is 0.450. The summed E-state index contributed by atoms with van der Waals surface area (Å²) in [4.78, 5) is 12.2. The first-order valence-corrected chi connectivity index (χ1v) is 8.56. The van der Waals surface area contributed by atoms with Crippen molar-refractivity contribution < 1.29 is 9.21 Å². The van der Waals surface area contributed by atoms with E-state index in [0.717, 1.165) is 35.1 Å². The fourth-order valence-electron chi connectivity index (χ4n) is 3.25. The van der Waals surface area contributed by atoms with E-state index in [-0.39, 0.29) is 5.91 Å². The predicted molar refractivity (Wildman–Crippen MR) is 93.6 cm³/mol. The molecular weight excluding hydrogens is 286 g/mol. The highest BCUT2D eigenvalue weighted by atomic mass is 16.3. The van der Waals surface area contributed by atoms with Crippen molar-refractivity contribution in [2.45, 2.75) is 52.4 Å². The van der Waals surface area contributed by atoms with Gasteiger partial charge in [-0.2, -0.15) is 0 Å². The normalized spacial score (nSPS) is 14.8. The van der Waals surface area contributed by atoms with Crippen LogP contribution >= 0.6 is 0 Å². The van der Waals surface area contributed by atoms with E-state index in [1.165, 1.54) is 36.8 Å². The lowest BCUT2D eigenvalue weighted by Crippen LogP contribution is -2.26. The molecule has 3 rings (SSSR count). The second-order valence-corrected chi connectivity index (χ2v) is 6.53. The van der Waals surface area contributed by atoms with Crippen LogP contribution in [-0.4, -0.2) is 12.5 Å². The molecule has 1 aromatic heterocycles. The number of rotatable bonds is 5. The highest BCUT2D eigenvalue weighted by Crippen LogP contribution is 2.26. The molecular formula is C20H25NO2. The van der Waals surface area contributed by atoms with Crippen molar-refractivity contribution in [3.63, 3.8) is 0 Å². The third kappa shape index (κ3) is 3.66. The van der Waals surface area contributed by atoms with Gasteiger partial charge in [0.05, 0.1) is 12.7 Å². The number of benzene rings is 1. The SMILES string of the molecule is Cc1ccc2c(CC(=O)NCCC3=CCCCC3)coc2c1C. The number of nitrogens with one attached hydrogen (secondary N) is 1. The predicted octanol–water partition coefficient (Wildman–Crippen LogP) is 4.60. The van der Waals surface area contributed by atoms with E-state index in [2.05, 4.69) is 37.4 Å². The molecule has 0 unspecified atom stereocenters. The van der Waals surface area contributed by atoms with Gasteiger partial charge in [0, 0.05) is 17.5 Å². The van der Waals surface area contributed by atoms with Crippen LogP contribution < -0.4 is 5.32 Å². The molecule has 3 nitrogen and oxygen atoms in total. The maximum absolute atomic E-state index is 12.2. The van der Waals surface area contributed by atoms with Crippen molar-refractivity contribution in [3.8, 4) is 0 Å². The molecule has 122 valence electrons. The molecule has 1 N–H and O–H groups in total. The standard InChI is InChI=1S/C20H25NO2/c1-14-8-9-18-17(13-23-20(18)15(14)2)12-19(22)21-11-10-16-6-4-3-5-7-16/h6,8-9,13H,3-5,7,10-12H2,1-2H3,(H,21,22). The number of amides is 1. The van der Waals surface area contributed by atoms with Gasteiger partial charge in [-0.3, -0.25) is 4.79 Å². The van der Waals surface area contributed by atoms with Crippen molar-refractivity contribution >= 4 is 16.9 Å². The number of hydrogen-bond acceptors (Lipinski definition) is 2. The van der Waals surface area contributed by atoms with Gasteiger partial charge in [0.1, 0.15) is 5.58 Å². The van der Waals surface area contributed by atoms with Gasteiger partial charge in [0.25, 0.3) is 0 Å². The van der Waals surface area contributed by atoms with E-state index in [0.29, 0.717) is 6.42 Å². The number of carbonyl (C=O) groups is 1. The van der Waals surface area contributed by atoms with Gasteiger partial charge in [-0.1, -0.05) is 23.8 Å². The van der Waals surface area contributed by atoms with Crippen molar-refractivity contribution in [2.24, 2.45) is 0 Å². The zero-order valence-electron chi connectivity index (χ0n) is 14.1. The molecule has 0 spiro atoms. The van der Waals surface area contributed by atoms with Gasteiger partial charge in [-0.25, -0.2) is 0 Å². The van der Waals surface area contributed by atoms with Crippen LogP contribution in [0.25, 0.3) is 11.0 Å². The molecule has 1 amide bonds. The highest BCUT2D eigenvalue weighted by Gasteiger charge is 2.13. The smallest absolute Gasteiger partial charge is 0.224 e. The average molecular weight is 311 g/mol. The minimum atomic E-state index is 0.0716. The summed E-state index contributed by atoms with van der Waals surface area (Å²) in [6.07, 6.45) is 10.4. The number of carbonyl (C=O) groups excluding carboxylic acids is 1. The van der Waals surface area contributed by atoms with Gasteiger partial charge in [-0.15, -0.1) is 0 Å². The lowest BCUT2D eigenvalue weighted by Gasteiger charge is -2.12. The van der Waals surface area contributed by atoms with Crippen LogP contribution in [-0.2, 0) is 11.2 Å². The molecule has 0 bridgehead atoms. The summed E-state index contributed by atoms with van der Waals surface area (Å²) in [6, 6.07) is 4.14. The Kier molecular flexibility index (Phi) is 4.85. The molecule has 0 saturated carbocycles. The quantitative estimate of drug-likeness (QED) is 0.820. The second-order valence-electron chi connectivity index (χ2n) is 6.53. The van der Waals surface area contributed by atoms with E-state index in [1.807, 2.05) is 0 Å². The Morgan fingerprint density at radius 1 is 1.26 bits per heavy atom. The maximum Gasteiger partial charge on any atom is 0.224 e. The van der Waals surface area contributed by atoms with Crippen LogP contribution in [0.3, 0.4) is 0 Å². The summed E-state index contributed by atoms with van der Waals surface area (Å²) >= 11 is 0. The van der Waals surface area contributed by atoms with Gasteiger partial charge in [0.15, 0.2) is 0 Å². The van der Waals surface area contributed by atoms with Gasteiger partial charge in [-0.05, 0) is 57.1 Å². The van der Waals surface area contributed by atoms with Gasteiger partial charge in [0.2, 0.25) is 5.91 Å². The van der Waals surface area contributed by atoms with Crippen molar-refractivity contribution in [3.05, 3.63) is 46.7 Å². The number of hydrogen-bond donors (Lipinski definition) is 1. The van der Waals surface area contributed by atoms with Crippen molar-refractivity contribution in [1.29, 1.82) is 0 Å². The Morgan fingerprint density at radius 2 is 2.13 bits per heavy atom. The Balaban J connectivity index is 1.58. The summed E-state index contributed by atoms with van der Waals surface area (Å²) in [5, 5.41) is 4.09. The number of allylic oxidation sites excluding steroid dienone is 1. The molecule has 0 radical (unpaired) electrons. The summed E-state index contributed by atoms with van der Waals surface area (Å²) in [6.45, 7) is 4.87. The Hall–Kier alpha value is -2.03. The lowest BCUT2D eigenvalue weighted by atomic mass is 9.97. The number of furan rings is 1. The van der Waals surface area contributed by atoms with Crippen LogP contribution in [0.5, 0.6) is 0 Å². The van der Waals surface area contributed by atoms with Crippen LogP contribution in [0.4, 0.5) is 0 Å². The largest absolute Gasteiger partial charge is 0.464 e. The fourth-order valence-corrected chi connectivity index (χ4v) is 3.25. The van der Waals surface area contributed by atoms with E-state index < -0.39 is 0 Å². The summed E-state index contributed by atoms with van der Waals surface area (Å²) in [7, 11) is 0. The van der Waals surface area contributed by atoms with Crippen molar-refractivity contribution in [2.75, 3.05) is 6.54 Å². The molecule has 2 aromatic rings. The van der Waals surface area contributed by atoms with Gasteiger partial charge < -0.3 is 9.73 Å². The molecule has 1 heterocycles. The minimum Gasteiger partial charge on any atom is -0.464 e. The molecule has 1 aliphatic rings. The molecule has 3 heteroatoms. The zero-order chi connectivity index (χ0) is 16.2. The van der Waals surface area contributed by atoms with Crippen LogP contribution in [0.1, 0.15) is 48.8 Å². The first-order valence-electron chi connectivity index (χ1n) is 8.56. The lowest BCUT2D eigenvalue weighted by molar-refractivity contribution is -0.120. The molecule has 0 aliphatic heterocycles. The zero-order valence-corrected chi connectivity index (χ0v) is 14.1. The van der Waals surface area contributed by atoms with Crippen LogP contribution in [0.2, 0.25) is 0 Å². The summed E-state index contributed by atoms with van der Waals surface area (Å²) in [5.41, 5.74) is 5.73. The molecule has 0 saturated heterocycles. The first kappa shape index (κ1) is 15.9.